The highest BCUT2D eigenvalue weighted by molar-refractivity contribution is 6.02. The number of ether oxygens (including phenoxy) is 2. The molecule has 148 valence electrons. The molecule has 1 saturated heterocycles. The van der Waals surface area contributed by atoms with E-state index in [2.05, 4.69) is 17.0 Å². The predicted molar refractivity (Wildman–Crippen MR) is 110 cm³/mol. The average molecular weight is 384 g/mol. The van der Waals surface area contributed by atoms with Crippen molar-refractivity contribution in [2.45, 2.75) is 32.1 Å². The molecule has 0 bridgehead atoms. The summed E-state index contributed by atoms with van der Waals surface area (Å²) in [6, 6.07) is 13.1. The number of hydrogen-bond donors (Lipinski definition) is 0. The Morgan fingerprint density at radius 2 is 1.79 bits per heavy atom. The molecule has 1 atom stereocenters. The Balaban J connectivity index is 1.54. The molecular formula is C24H29NO3. The van der Waals surface area contributed by atoms with Crippen LogP contribution in [0, 0.1) is 11.8 Å². The fraction of sp³-hybridized carbons (Fsp3) is 0.458. The number of carbonyl (C=O) groups is 1. The molecule has 2 aromatic rings. The topological polar surface area (TPSA) is 38.8 Å². The zero-order valence-corrected chi connectivity index (χ0v) is 16.4. The summed E-state index contributed by atoms with van der Waals surface area (Å²) in [4.78, 5) is 15.6. The van der Waals surface area contributed by atoms with Crippen LogP contribution < -0.4 is 9.47 Å². The van der Waals surface area contributed by atoms with Gasteiger partial charge >= 0.3 is 0 Å². The van der Waals surface area contributed by atoms with E-state index in [1.165, 1.54) is 31.9 Å². The van der Waals surface area contributed by atoms with Crippen LogP contribution in [0.1, 0.15) is 46.2 Å². The molecule has 4 heteroatoms. The molecule has 0 aromatic heterocycles. The van der Waals surface area contributed by atoms with Crippen LogP contribution in [0.3, 0.4) is 0 Å². The van der Waals surface area contributed by atoms with Gasteiger partial charge in [0.15, 0.2) is 17.3 Å². The van der Waals surface area contributed by atoms with Gasteiger partial charge in [0.1, 0.15) is 0 Å². The zero-order chi connectivity index (χ0) is 23.1. The average Bonchev–Trinajstić information content (AvgIpc) is 2.98. The van der Waals surface area contributed by atoms with Crippen molar-refractivity contribution < 1.29 is 19.8 Å². The molecule has 0 saturated carbocycles. The normalized spacial score (nSPS) is 24.6. The molecule has 2 aromatic carbocycles. The number of nitrogens with zero attached hydrogens (tertiary/aromatic N) is 1. The van der Waals surface area contributed by atoms with E-state index in [0.717, 1.165) is 19.6 Å². The first kappa shape index (κ1) is 14.6. The Morgan fingerprint density at radius 1 is 1.11 bits per heavy atom. The third-order valence-corrected chi connectivity index (χ3v) is 5.59. The van der Waals surface area contributed by atoms with Gasteiger partial charge < -0.3 is 9.47 Å². The van der Waals surface area contributed by atoms with E-state index in [1.807, 2.05) is 18.2 Å². The maximum atomic E-state index is 13.3. The third-order valence-electron chi connectivity index (χ3n) is 5.59. The maximum absolute atomic E-state index is 13.3. The van der Waals surface area contributed by atoms with Crippen LogP contribution >= 0.6 is 0 Å². The maximum Gasteiger partial charge on any atom is 0.166 e. The summed E-state index contributed by atoms with van der Waals surface area (Å²) in [6.07, 6.45) is -2.93. The third kappa shape index (κ3) is 3.93. The monoisotopic (exact) mass is 383 g/mol. The number of rotatable bonds is 6. The quantitative estimate of drug-likeness (QED) is 0.743. The van der Waals surface area contributed by atoms with Crippen LogP contribution in [-0.2, 0) is 12.9 Å². The lowest BCUT2D eigenvalue weighted by atomic mass is 9.85. The number of fused-ring (bicyclic) bond motifs is 1. The molecule has 4 rings (SSSR count). The van der Waals surface area contributed by atoms with Crippen molar-refractivity contribution in [1.82, 2.24) is 4.90 Å². The van der Waals surface area contributed by atoms with Crippen LogP contribution in [0.2, 0.25) is 0 Å². The Morgan fingerprint density at radius 3 is 2.46 bits per heavy atom. The number of methoxy groups -OCH3 is 2. The minimum absolute atomic E-state index is 0.176. The lowest BCUT2D eigenvalue weighted by Crippen LogP contribution is -2.34. The van der Waals surface area contributed by atoms with Crippen molar-refractivity contribution in [3.63, 3.8) is 0 Å². The number of benzene rings is 2. The molecule has 4 nitrogen and oxygen atoms in total. The summed E-state index contributed by atoms with van der Waals surface area (Å²) in [5.41, 5.74) is 1.58. The van der Waals surface area contributed by atoms with Gasteiger partial charge in [-0.25, -0.2) is 0 Å². The first-order valence-corrected chi connectivity index (χ1v) is 9.77. The number of carbonyl (C=O) groups excluding carboxylic acids is 1. The molecule has 1 aliphatic heterocycles. The van der Waals surface area contributed by atoms with Gasteiger partial charge in [-0.2, -0.15) is 0 Å². The highest BCUT2D eigenvalue weighted by atomic mass is 16.5. The summed E-state index contributed by atoms with van der Waals surface area (Å²) < 4.78 is 45.8. The first-order chi connectivity index (χ1) is 15.2. The van der Waals surface area contributed by atoms with Crippen molar-refractivity contribution in [1.29, 1.82) is 0 Å². The molecule has 28 heavy (non-hydrogen) atoms. The van der Waals surface area contributed by atoms with Gasteiger partial charge in [-0.3, -0.25) is 9.69 Å². The van der Waals surface area contributed by atoms with E-state index in [9.17, 15) is 4.79 Å². The second-order valence-corrected chi connectivity index (χ2v) is 7.40. The highest BCUT2D eigenvalue weighted by Gasteiger charge is 2.34. The SMILES string of the molecule is [2H]C1([2H])c2cc(OC)c(OC)cc2C(=O)C1C([2H])([2H])C1CCN(Cc2ccccc2)CC1. The van der Waals surface area contributed by atoms with Gasteiger partial charge in [0.05, 0.1) is 14.2 Å². The standard InChI is InChI=1S/C24H29NO3/c1-27-22-14-19-13-20(24(26)21(19)15-23(22)28-2)12-17-8-10-25(11-9-17)16-18-6-4-3-5-7-18/h3-7,14-15,17,20H,8-13,16H2,1-2H3/i12D2,13D2. The van der Waals surface area contributed by atoms with E-state index >= 15 is 0 Å². The molecule has 0 radical (unpaired) electrons. The molecule has 0 N–H and O–H groups in total. The van der Waals surface area contributed by atoms with Crippen LogP contribution in [0.15, 0.2) is 42.5 Å². The highest BCUT2D eigenvalue weighted by Crippen LogP contribution is 2.39. The molecular weight excluding hydrogens is 350 g/mol. The summed E-state index contributed by atoms with van der Waals surface area (Å²) >= 11 is 0. The van der Waals surface area contributed by atoms with E-state index in [0.29, 0.717) is 24.3 Å². The van der Waals surface area contributed by atoms with Gasteiger partial charge in [0.25, 0.3) is 0 Å². The van der Waals surface area contributed by atoms with Crippen molar-refractivity contribution in [3.8, 4) is 11.5 Å². The number of ketones is 1. The van der Waals surface area contributed by atoms with Gasteiger partial charge in [-0.1, -0.05) is 30.3 Å². The molecule has 0 amide bonds. The van der Waals surface area contributed by atoms with Crippen LogP contribution in [-0.4, -0.2) is 38.0 Å². The van der Waals surface area contributed by atoms with Crippen LogP contribution in [0.4, 0.5) is 0 Å². The Labute approximate surface area is 173 Å². The van der Waals surface area contributed by atoms with Gasteiger partial charge in [-0.05, 0) is 67.9 Å². The molecule has 1 heterocycles. The first-order valence-electron chi connectivity index (χ1n) is 11.8. The number of likely N-dealkylation sites (tertiary alicyclic amines) is 1. The van der Waals surface area contributed by atoms with E-state index < -0.39 is 30.4 Å². The number of hydrogen-bond acceptors (Lipinski definition) is 4. The molecule has 1 unspecified atom stereocenters. The number of Topliss-reactive ketones (excluding diaryl/α,β-unsaturated/α-hetero) is 1. The summed E-state index contributed by atoms with van der Waals surface area (Å²) in [5, 5.41) is 0. The molecule has 1 aliphatic carbocycles. The van der Waals surface area contributed by atoms with Crippen LogP contribution in [0.25, 0.3) is 0 Å². The predicted octanol–water partition coefficient (Wildman–Crippen LogP) is 4.36. The van der Waals surface area contributed by atoms with Gasteiger partial charge in [0, 0.05) is 23.5 Å². The molecule has 0 spiro atoms. The fourth-order valence-corrected chi connectivity index (χ4v) is 4.03. The number of piperidine rings is 1. The zero-order valence-electron chi connectivity index (χ0n) is 20.4. The summed E-state index contributed by atoms with van der Waals surface area (Å²) in [5.74, 6) is -1.61. The van der Waals surface area contributed by atoms with E-state index in [4.69, 9.17) is 15.0 Å². The lowest BCUT2D eigenvalue weighted by Gasteiger charge is -2.32. The van der Waals surface area contributed by atoms with Crippen LogP contribution in [0.5, 0.6) is 11.5 Å². The molecule has 2 aliphatic rings. The van der Waals surface area contributed by atoms with Crippen molar-refractivity contribution in [2.75, 3.05) is 27.3 Å². The smallest absolute Gasteiger partial charge is 0.166 e. The Kier molecular flexibility index (Phi) is 4.37. The van der Waals surface area contributed by atoms with Gasteiger partial charge in [0.2, 0.25) is 0 Å². The Hall–Kier alpha value is -2.33. The lowest BCUT2D eigenvalue weighted by molar-refractivity contribution is 0.0895. The summed E-state index contributed by atoms with van der Waals surface area (Å²) in [6.45, 7) is 2.25. The minimum atomic E-state index is -2.13. The second-order valence-electron chi connectivity index (χ2n) is 7.40. The van der Waals surface area contributed by atoms with E-state index in [-0.39, 0.29) is 11.1 Å². The fourth-order valence-electron chi connectivity index (χ4n) is 4.03. The largest absolute Gasteiger partial charge is 0.493 e. The minimum Gasteiger partial charge on any atom is -0.493 e. The van der Waals surface area contributed by atoms with E-state index in [1.54, 1.807) is 0 Å². The van der Waals surface area contributed by atoms with Crippen molar-refractivity contribution in [3.05, 3.63) is 59.2 Å². The van der Waals surface area contributed by atoms with Crippen molar-refractivity contribution in [2.24, 2.45) is 11.8 Å². The summed E-state index contributed by atoms with van der Waals surface area (Å²) in [7, 11) is 2.91. The Bertz CT molecular complexity index is 988. The molecule has 1 fully saturated rings. The van der Waals surface area contributed by atoms with Gasteiger partial charge in [-0.15, -0.1) is 0 Å². The second kappa shape index (κ2) is 8.36. The van der Waals surface area contributed by atoms with Crippen molar-refractivity contribution >= 4 is 5.78 Å².